The third-order valence-electron chi connectivity index (χ3n) is 2.44. The van der Waals surface area contributed by atoms with Crippen LogP contribution in [-0.4, -0.2) is 6.29 Å². The normalized spacial score (nSPS) is 10.4. The number of aryl methyl sites for hydroxylation is 1. The van der Waals surface area contributed by atoms with Gasteiger partial charge >= 0.3 is 0 Å². The van der Waals surface area contributed by atoms with Crippen molar-refractivity contribution in [2.45, 2.75) is 13.3 Å². The van der Waals surface area contributed by atoms with Crippen LogP contribution < -0.4 is 0 Å². The van der Waals surface area contributed by atoms with Crippen LogP contribution in [0.1, 0.15) is 18.1 Å². The molecule has 0 heterocycles. The Morgan fingerprint density at radius 1 is 1.21 bits per heavy atom. The van der Waals surface area contributed by atoms with Gasteiger partial charge in [-0.2, -0.15) is 0 Å². The fourth-order valence-corrected chi connectivity index (χ4v) is 1.66. The molecule has 0 saturated carbocycles. The molecule has 1 radical (unpaired) electrons. The smallest absolute Gasteiger partial charge is 0.234 e. The fraction of sp³-hybridized carbons (Fsp3) is 0.154. The van der Waals surface area contributed by atoms with Crippen molar-refractivity contribution >= 4 is 17.1 Å². The zero-order valence-electron chi connectivity index (χ0n) is 8.08. The lowest BCUT2D eigenvalue weighted by molar-refractivity contribution is 0.563. The van der Waals surface area contributed by atoms with Crippen molar-refractivity contribution in [1.29, 1.82) is 0 Å². The zero-order valence-corrected chi connectivity index (χ0v) is 8.08. The molecule has 0 aliphatic carbocycles. The summed E-state index contributed by atoms with van der Waals surface area (Å²) < 4.78 is 0. The van der Waals surface area contributed by atoms with Crippen molar-refractivity contribution in [3.05, 3.63) is 47.5 Å². The molecule has 0 bridgehead atoms. The van der Waals surface area contributed by atoms with Gasteiger partial charge in [0.2, 0.25) is 6.29 Å². The maximum atomic E-state index is 10.8. The van der Waals surface area contributed by atoms with E-state index in [1.165, 1.54) is 5.56 Å². The van der Waals surface area contributed by atoms with Gasteiger partial charge in [-0.3, -0.25) is 4.79 Å². The van der Waals surface area contributed by atoms with Crippen LogP contribution in [0.25, 0.3) is 10.8 Å². The minimum Gasteiger partial charge on any atom is -0.285 e. The summed E-state index contributed by atoms with van der Waals surface area (Å²) in [6.07, 6.45) is 2.94. The third-order valence-corrected chi connectivity index (χ3v) is 2.44. The summed E-state index contributed by atoms with van der Waals surface area (Å²) in [5.74, 6) is 0. The minimum absolute atomic E-state index is 0.667. The van der Waals surface area contributed by atoms with Crippen LogP contribution in [0.15, 0.2) is 36.4 Å². The molecule has 69 valence electrons. The van der Waals surface area contributed by atoms with Gasteiger partial charge in [0, 0.05) is 5.56 Å². The summed E-state index contributed by atoms with van der Waals surface area (Å²) in [6, 6.07) is 11.9. The molecule has 0 unspecified atom stereocenters. The van der Waals surface area contributed by atoms with Gasteiger partial charge in [-0.1, -0.05) is 37.3 Å². The number of carbonyl (C=O) groups excluding carboxylic acids is 1. The number of hydrogen-bond donors (Lipinski definition) is 0. The van der Waals surface area contributed by atoms with E-state index >= 15 is 0 Å². The van der Waals surface area contributed by atoms with E-state index in [4.69, 9.17) is 0 Å². The lowest BCUT2D eigenvalue weighted by atomic mass is 10.0. The SMILES string of the molecule is CCc1cc([C]=O)c2ccccc2c1. The summed E-state index contributed by atoms with van der Waals surface area (Å²) in [4.78, 5) is 10.8. The Labute approximate surface area is 83.4 Å². The molecule has 0 fully saturated rings. The van der Waals surface area contributed by atoms with Gasteiger partial charge < -0.3 is 0 Å². The first-order valence-corrected chi connectivity index (χ1v) is 4.75. The monoisotopic (exact) mass is 183 g/mol. The van der Waals surface area contributed by atoms with Crippen LogP contribution in [0.2, 0.25) is 0 Å². The first kappa shape index (κ1) is 8.95. The molecule has 2 rings (SSSR count). The molecular weight excluding hydrogens is 172 g/mol. The van der Waals surface area contributed by atoms with Crippen molar-refractivity contribution in [1.82, 2.24) is 0 Å². The molecule has 0 aliphatic rings. The summed E-state index contributed by atoms with van der Waals surface area (Å²) >= 11 is 0. The highest BCUT2D eigenvalue weighted by molar-refractivity contribution is 5.98. The Morgan fingerprint density at radius 3 is 2.71 bits per heavy atom. The summed E-state index contributed by atoms with van der Waals surface area (Å²) in [7, 11) is 0. The zero-order chi connectivity index (χ0) is 9.97. The fourth-order valence-electron chi connectivity index (χ4n) is 1.66. The predicted molar refractivity (Wildman–Crippen MR) is 58.1 cm³/mol. The van der Waals surface area contributed by atoms with E-state index in [0.717, 1.165) is 17.2 Å². The van der Waals surface area contributed by atoms with E-state index in [9.17, 15) is 4.79 Å². The second-order valence-corrected chi connectivity index (χ2v) is 3.32. The summed E-state index contributed by atoms with van der Waals surface area (Å²) in [5.41, 5.74) is 1.85. The number of hydrogen-bond acceptors (Lipinski definition) is 1. The molecule has 0 N–H and O–H groups in total. The van der Waals surface area contributed by atoms with Crippen molar-refractivity contribution in [3.63, 3.8) is 0 Å². The molecule has 14 heavy (non-hydrogen) atoms. The molecule has 0 spiro atoms. The van der Waals surface area contributed by atoms with Crippen molar-refractivity contribution in [2.75, 3.05) is 0 Å². The second kappa shape index (κ2) is 3.62. The quantitative estimate of drug-likeness (QED) is 0.699. The van der Waals surface area contributed by atoms with Gasteiger partial charge in [0.05, 0.1) is 0 Å². The average Bonchev–Trinajstić information content (AvgIpc) is 2.27. The summed E-state index contributed by atoms with van der Waals surface area (Å²) in [5, 5.41) is 2.10. The van der Waals surface area contributed by atoms with Crippen molar-refractivity contribution in [2.24, 2.45) is 0 Å². The van der Waals surface area contributed by atoms with Crippen LogP contribution >= 0.6 is 0 Å². The van der Waals surface area contributed by atoms with Crippen LogP contribution in [0.4, 0.5) is 0 Å². The molecule has 1 heteroatoms. The Kier molecular flexibility index (Phi) is 2.32. The van der Waals surface area contributed by atoms with Crippen molar-refractivity contribution in [3.8, 4) is 0 Å². The van der Waals surface area contributed by atoms with Crippen LogP contribution in [0, 0.1) is 0 Å². The standard InChI is InChI=1S/C13H11O/c1-2-10-7-11-5-3-4-6-13(11)12(8-10)9-14/h3-8H,2H2,1H3. The molecule has 0 amide bonds. The van der Waals surface area contributed by atoms with Gasteiger partial charge in [-0.25, -0.2) is 0 Å². The van der Waals surface area contributed by atoms with Crippen LogP contribution in [0.3, 0.4) is 0 Å². The molecule has 0 aromatic heterocycles. The first-order valence-electron chi connectivity index (χ1n) is 4.75. The Bertz CT molecular complexity index is 472. The van der Waals surface area contributed by atoms with Gasteiger partial charge in [0.25, 0.3) is 0 Å². The van der Waals surface area contributed by atoms with E-state index in [0.29, 0.717) is 5.56 Å². The van der Waals surface area contributed by atoms with Gasteiger partial charge in [0.1, 0.15) is 0 Å². The molecule has 2 aromatic carbocycles. The molecule has 0 atom stereocenters. The molecular formula is C13H11O. The Balaban J connectivity index is 2.79. The molecule has 0 aliphatic heterocycles. The third kappa shape index (κ3) is 1.41. The highest BCUT2D eigenvalue weighted by Crippen LogP contribution is 2.19. The van der Waals surface area contributed by atoms with Crippen LogP contribution in [0.5, 0.6) is 0 Å². The topological polar surface area (TPSA) is 17.1 Å². The predicted octanol–water partition coefficient (Wildman–Crippen LogP) is 2.86. The number of benzene rings is 2. The second-order valence-electron chi connectivity index (χ2n) is 3.32. The highest BCUT2D eigenvalue weighted by Gasteiger charge is 2.02. The van der Waals surface area contributed by atoms with Gasteiger partial charge in [-0.15, -0.1) is 0 Å². The lowest BCUT2D eigenvalue weighted by Crippen LogP contribution is -1.88. The molecule has 2 aromatic rings. The Hall–Kier alpha value is -1.63. The maximum absolute atomic E-state index is 10.8. The highest BCUT2D eigenvalue weighted by atomic mass is 16.1. The van der Waals surface area contributed by atoms with E-state index in [-0.39, 0.29) is 0 Å². The Morgan fingerprint density at radius 2 is 2.00 bits per heavy atom. The maximum Gasteiger partial charge on any atom is 0.234 e. The minimum atomic E-state index is 0.667. The molecule has 0 saturated heterocycles. The lowest BCUT2D eigenvalue weighted by Gasteiger charge is -2.03. The average molecular weight is 183 g/mol. The summed E-state index contributed by atoms with van der Waals surface area (Å²) in [6.45, 7) is 2.08. The largest absolute Gasteiger partial charge is 0.285 e. The van der Waals surface area contributed by atoms with Crippen LogP contribution in [-0.2, 0) is 11.2 Å². The van der Waals surface area contributed by atoms with E-state index in [1.807, 2.05) is 36.6 Å². The van der Waals surface area contributed by atoms with Crippen molar-refractivity contribution < 1.29 is 4.79 Å². The molecule has 1 nitrogen and oxygen atoms in total. The van der Waals surface area contributed by atoms with E-state index in [2.05, 4.69) is 13.0 Å². The number of rotatable bonds is 2. The first-order chi connectivity index (χ1) is 6.85. The van der Waals surface area contributed by atoms with Gasteiger partial charge in [-0.05, 0) is 28.8 Å². The van der Waals surface area contributed by atoms with Gasteiger partial charge in [0.15, 0.2) is 0 Å². The number of fused-ring (bicyclic) bond motifs is 1. The van der Waals surface area contributed by atoms with E-state index < -0.39 is 0 Å². The van der Waals surface area contributed by atoms with E-state index in [1.54, 1.807) is 0 Å².